The fourth-order valence-corrected chi connectivity index (χ4v) is 3.75. The third-order valence-corrected chi connectivity index (χ3v) is 5.16. The van der Waals surface area contributed by atoms with E-state index in [0.29, 0.717) is 12.1 Å². The molecule has 1 aliphatic rings. The second-order valence-corrected chi connectivity index (χ2v) is 7.05. The van der Waals surface area contributed by atoms with Crippen LogP contribution in [0.25, 0.3) is 5.69 Å². The molecule has 1 aliphatic heterocycles. The zero-order valence-corrected chi connectivity index (χ0v) is 15.0. The van der Waals surface area contributed by atoms with E-state index in [1.807, 2.05) is 37.5 Å². The summed E-state index contributed by atoms with van der Waals surface area (Å²) in [5, 5.41) is 9.71. The molecule has 0 saturated carbocycles. The van der Waals surface area contributed by atoms with Crippen LogP contribution in [0.5, 0.6) is 0 Å². The van der Waals surface area contributed by atoms with Gasteiger partial charge in [-0.2, -0.15) is 0 Å². The summed E-state index contributed by atoms with van der Waals surface area (Å²) < 4.78 is 15.5. The highest BCUT2D eigenvalue weighted by atomic mass is 19.1. The van der Waals surface area contributed by atoms with E-state index < -0.39 is 0 Å². The normalized spacial score (nSPS) is 19.3. The first kappa shape index (κ1) is 17.8. The van der Waals surface area contributed by atoms with E-state index in [1.165, 1.54) is 12.1 Å². The lowest BCUT2D eigenvalue weighted by atomic mass is 10.0. The molecule has 1 fully saturated rings. The molecule has 1 saturated heterocycles. The van der Waals surface area contributed by atoms with Gasteiger partial charge in [0.25, 0.3) is 0 Å². The van der Waals surface area contributed by atoms with Crippen LogP contribution >= 0.6 is 0 Å². The number of halogens is 1. The van der Waals surface area contributed by atoms with Gasteiger partial charge in [-0.05, 0) is 63.9 Å². The molecule has 0 aliphatic carbocycles. The van der Waals surface area contributed by atoms with Gasteiger partial charge in [0.1, 0.15) is 5.82 Å². The number of nitrogens with zero attached hydrogens (tertiary/aromatic N) is 2. The quantitative estimate of drug-likeness (QED) is 0.848. The second kappa shape index (κ2) is 7.10. The number of hydrogen-bond donors (Lipinski definition) is 1. The largest absolute Gasteiger partial charge is 0.393 e. The van der Waals surface area contributed by atoms with Crippen molar-refractivity contribution in [3.05, 3.63) is 53.1 Å². The van der Waals surface area contributed by atoms with E-state index in [0.717, 1.165) is 36.6 Å². The van der Waals surface area contributed by atoms with Crippen molar-refractivity contribution in [2.45, 2.75) is 33.3 Å². The summed E-state index contributed by atoms with van der Waals surface area (Å²) in [6.45, 7) is 7.58. The molecule has 1 N–H and O–H groups in total. The van der Waals surface area contributed by atoms with E-state index >= 15 is 0 Å². The van der Waals surface area contributed by atoms with E-state index in [4.69, 9.17) is 0 Å². The summed E-state index contributed by atoms with van der Waals surface area (Å²) >= 11 is 0. The summed E-state index contributed by atoms with van der Waals surface area (Å²) in [6, 6.07) is 8.28. The number of aromatic nitrogens is 1. The van der Waals surface area contributed by atoms with Gasteiger partial charge >= 0.3 is 0 Å². The molecule has 134 valence electrons. The molecular weight excluding hydrogens is 319 g/mol. The van der Waals surface area contributed by atoms with E-state index in [9.17, 15) is 14.3 Å². The zero-order valence-electron chi connectivity index (χ0n) is 15.0. The van der Waals surface area contributed by atoms with Crippen molar-refractivity contribution < 1.29 is 14.3 Å². The number of Topliss-reactive ketones (excluding diaryl/α,β-unsaturated/α-hetero) is 1. The summed E-state index contributed by atoms with van der Waals surface area (Å²) in [5.41, 5.74) is 3.15. The SMILES string of the molecule is Cc1cc(C(=O)CN2CCC(C(C)O)C2)c(C)n1-c1cccc(F)c1. The van der Waals surface area contributed by atoms with Crippen LogP contribution in [-0.4, -0.2) is 46.1 Å². The first-order valence-electron chi connectivity index (χ1n) is 8.75. The highest BCUT2D eigenvalue weighted by Crippen LogP contribution is 2.24. The van der Waals surface area contributed by atoms with Crippen LogP contribution in [0.3, 0.4) is 0 Å². The number of ketones is 1. The van der Waals surface area contributed by atoms with E-state index in [2.05, 4.69) is 4.90 Å². The number of hydrogen-bond acceptors (Lipinski definition) is 3. The van der Waals surface area contributed by atoms with Gasteiger partial charge in [-0.25, -0.2) is 4.39 Å². The number of aliphatic hydroxyl groups is 1. The molecule has 0 spiro atoms. The molecule has 2 atom stereocenters. The van der Waals surface area contributed by atoms with Crippen molar-refractivity contribution in [2.24, 2.45) is 5.92 Å². The number of carbonyl (C=O) groups excluding carboxylic acids is 1. The fraction of sp³-hybridized carbons (Fsp3) is 0.450. The van der Waals surface area contributed by atoms with Crippen LogP contribution in [0.1, 0.15) is 35.1 Å². The molecule has 2 heterocycles. The van der Waals surface area contributed by atoms with Gasteiger partial charge in [0.15, 0.2) is 5.78 Å². The van der Waals surface area contributed by atoms with Crippen molar-refractivity contribution in [1.82, 2.24) is 9.47 Å². The minimum Gasteiger partial charge on any atom is -0.393 e. The van der Waals surface area contributed by atoms with E-state index in [1.54, 1.807) is 6.07 Å². The van der Waals surface area contributed by atoms with Crippen LogP contribution in [0, 0.1) is 25.6 Å². The summed E-state index contributed by atoms with van der Waals surface area (Å²) in [5.74, 6) is 0.0219. The number of benzene rings is 1. The molecule has 5 heteroatoms. The Morgan fingerprint density at radius 3 is 2.76 bits per heavy atom. The van der Waals surface area contributed by atoms with Gasteiger partial charge in [0, 0.05) is 29.2 Å². The number of aryl methyl sites for hydroxylation is 1. The predicted molar refractivity (Wildman–Crippen MR) is 95.8 cm³/mol. The Bertz CT molecular complexity index is 782. The first-order valence-corrected chi connectivity index (χ1v) is 8.75. The molecule has 2 aromatic rings. The Kier molecular flexibility index (Phi) is 5.06. The summed E-state index contributed by atoms with van der Waals surface area (Å²) in [4.78, 5) is 14.9. The highest BCUT2D eigenvalue weighted by Gasteiger charge is 2.28. The van der Waals surface area contributed by atoms with Crippen LogP contribution in [0.15, 0.2) is 30.3 Å². The third kappa shape index (κ3) is 3.67. The zero-order chi connectivity index (χ0) is 18.1. The van der Waals surface area contributed by atoms with Crippen LogP contribution in [0.2, 0.25) is 0 Å². The topological polar surface area (TPSA) is 45.5 Å². The maximum atomic E-state index is 13.5. The van der Waals surface area contributed by atoms with Crippen molar-refractivity contribution in [3.8, 4) is 5.69 Å². The molecule has 0 amide bonds. The molecule has 0 radical (unpaired) electrons. The Morgan fingerprint density at radius 1 is 1.36 bits per heavy atom. The average molecular weight is 344 g/mol. The molecule has 1 aromatic heterocycles. The summed E-state index contributed by atoms with van der Waals surface area (Å²) in [6.07, 6.45) is 0.589. The first-order chi connectivity index (χ1) is 11.9. The van der Waals surface area contributed by atoms with Crippen molar-refractivity contribution in [1.29, 1.82) is 0 Å². The van der Waals surface area contributed by atoms with Crippen molar-refractivity contribution >= 4 is 5.78 Å². The number of likely N-dealkylation sites (tertiary alicyclic amines) is 1. The molecule has 4 nitrogen and oxygen atoms in total. The minimum atomic E-state index is -0.335. The third-order valence-electron chi connectivity index (χ3n) is 5.16. The van der Waals surface area contributed by atoms with Gasteiger partial charge in [0.05, 0.1) is 12.6 Å². The second-order valence-electron chi connectivity index (χ2n) is 7.05. The molecule has 0 bridgehead atoms. The van der Waals surface area contributed by atoms with Gasteiger partial charge in [0.2, 0.25) is 0 Å². The van der Waals surface area contributed by atoms with Gasteiger partial charge in [-0.3, -0.25) is 9.69 Å². The van der Waals surface area contributed by atoms with Gasteiger partial charge in [-0.15, -0.1) is 0 Å². The van der Waals surface area contributed by atoms with Crippen molar-refractivity contribution in [2.75, 3.05) is 19.6 Å². The molecule has 3 rings (SSSR count). The van der Waals surface area contributed by atoms with Gasteiger partial charge < -0.3 is 9.67 Å². The maximum Gasteiger partial charge on any atom is 0.178 e. The smallest absolute Gasteiger partial charge is 0.178 e. The molecular formula is C20H25FN2O2. The Hall–Kier alpha value is -1.98. The van der Waals surface area contributed by atoms with Gasteiger partial charge in [-0.1, -0.05) is 6.07 Å². The standard InChI is InChI=1S/C20H25FN2O2/c1-13-9-19(14(2)23(13)18-6-4-5-17(21)10-18)20(25)12-22-8-7-16(11-22)15(3)24/h4-6,9-10,15-16,24H,7-8,11-12H2,1-3H3. The Morgan fingerprint density at radius 2 is 2.12 bits per heavy atom. The lowest BCUT2D eigenvalue weighted by Crippen LogP contribution is -2.29. The van der Waals surface area contributed by atoms with E-state index in [-0.39, 0.29) is 23.6 Å². The number of aliphatic hydroxyl groups excluding tert-OH is 1. The number of carbonyl (C=O) groups is 1. The Balaban J connectivity index is 1.79. The predicted octanol–water partition coefficient (Wildman–Crippen LogP) is 3.12. The molecule has 25 heavy (non-hydrogen) atoms. The van der Waals surface area contributed by atoms with Crippen LogP contribution in [-0.2, 0) is 0 Å². The molecule has 2 unspecified atom stereocenters. The molecule has 1 aromatic carbocycles. The van der Waals surface area contributed by atoms with Crippen LogP contribution < -0.4 is 0 Å². The monoisotopic (exact) mass is 344 g/mol. The van der Waals surface area contributed by atoms with Crippen molar-refractivity contribution in [3.63, 3.8) is 0 Å². The average Bonchev–Trinajstić information content (AvgIpc) is 3.12. The number of rotatable bonds is 5. The minimum absolute atomic E-state index is 0.0713. The Labute approximate surface area is 147 Å². The fourth-order valence-electron chi connectivity index (χ4n) is 3.75. The maximum absolute atomic E-state index is 13.5. The lowest BCUT2D eigenvalue weighted by Gasteiger charge is -2.16. The van der Waals surface area contributed by atoms with Crippen LogP contribution in [0.4, 0.5) is 4.39 Å². The summed E-state index contributed by atoms with van der Waals surface area (Å²) in [7, 11) is 0. The highest BCUT2D eigenvalue weighted by molar-refractivity contribution is 5.99. The lowest BCUT2D eigenvalue weighted by molar-refractivity contribution is 0.0925.